The van der Waals surface area contributed by atoms with Crippen LogP contribution in [0.2, 0.25) is 0 Å². The number of ether oxygens (including phenoxy) is 1. The molecule has 0 amide bonds. The number of hydrogen-bond acceptors (Lipinski definition) is 4. The van der Waals surface area contributed by atoms with Crippen LogP contribution in [0.25, 0.3) is 11.0 Å². The van der Waals surface area contributed by atoms with Crippen molar-refractivity contribution in [2.75, 3.05) is 7.05 Å². The maximum atomic E-state index is 12.2. The standard InChI is InChI=1S/C20H20F3NO2.C2H4O/c1-13(24-2)18-12-16-8-5-15(11-19(16)25-18)4-3-14-6-9-17(10-7-14)26-20(21,22)23;1-2-3/h5-13,24H,3-4H2,1-2H3;2H,1H3. The number of aryl methyl sites for hydroxylation is 2. The number of aldehydes is 1. The third-order valence-electron chi connectivity index (χ3n) is 4.32. The first-order valence-corrected chi connectivity index (χ1v) is 9.20. The lowest BCUT2D eigenvalue weighted by Crippen LogP contribution is -2.17. The molecular weight excluding hydrogens is 383 g/mol. The molecule has 0 fully saturated rings. The molecule has 1 unspecified atom stereocenters. The number of hydrogen-bond donors (Lipinski definition) is 1. The molecule has 4 nitrogen and oxygen atoms in total. The third-order valence-corrected chi connectivity index (χ3v) is 4.32. The quantitative estimate of drug-likeness (QED) is 0.540. The first-order valence-electron chi connectivity index (χ1n) is 9.20. The molecule has 0 aliphatic heterocycles. The maximum absolute atomic E-state index is 12.2. The van der Waals surface area contributed by atoms with Gasteiger partial charge in [-0.25, -0.2) is 0 Å². The number of halogens is 3. The van der Waals surface area contributed by atoms with Crippen molar-refractivity contribution in [3.63, 3.8) is 0 Å². The number of fused-ring (bicyclic) bond motifs is 1. The number of nitrogens with one attached hydrogen (secondary N) is 1. The average Bonchev–Trinajstić information content (AvgIpc) is 3.09. The van der Waals surface area contributed by atoms with Gasteiger partial charge in [-0.1, -0.05) is 24.3 Å². The van der Waals surface area contributed by atoms with E-state index in [9.17, 15) is 13.2 Å². The van der Waals surface area contributed by atoms with Crippen LogP contribution in [0, 0.1) is 0 Å². The van der Waals surface area contributed by atoms with Gasteiger partial charge < -0.3 is 19.3 Å². The zero-order valence-electron chi connectivity index (χ0n) is 16.5. The molecule has 1 atom stereocenters. The van der Waals surface area contributed by atoms with Gasteiger partial charge in [0.05, 0.1) is 6.04 Å². The zero-order valence-corrected chi connectivity index (χ0v) is 16.5. The van der Waals surface area contributed by atoms with Crippen molar-refractivity contribution >= 4 is 17.3 Å². The van der Waals surface area contributed by atoms with Crippen LogP contribution in [0.4, 0.5) is 13.2 Å². The molecule has 1 heterocycles. The van der Waals surface area contributed by atoms with E-state index in [-0.39, 0.29) is 11.8 Å². The highest BCUT2D eigenvalue weighted by Gasteiger charge is 2.30. The number of alkyl halides is 3. The Balaban J connectivity index is 0.000000941. The summed E-state index contributed by atoms with van der Waals surface area (Å²) in [5.74, 6) is 0.685. The summed E-state index contributed by atoms with van der Waals surface area (Å²) in [6.07, 6.45) is -2.42. The highest BCUT2D eigenvalue weighted by Crippen LogP contribution is 2.26. The fourth-order valence-electron chi connectivity index (χ4n) is 2.75. The van der Waals surface area contributed by atoms with E-state index in [1.54, 1.807) is 12.1 Å². The normalized spacial score (nSPS) is 12.2. The molecule has 3 aromatic rings. The topological polar surface area (TPSA) is 51.5 Å². The fourth-order valence-corrected chi connectivity index (χ4v) is 2.75. The Labute approximate surface area is 167 Å². The fraction of sp³-hybridized carbons (Fsp3) is 0.318. The Morgan fingerprint density at radius 2 is 1.66 bits per heavy atom. The van der Waals surface area contributed by atoms with Crippen LogP contribution in [-0.4, -0.2) is 19.7 Å². The van der Waals surface area contributed by atoms with Crippen LogP contribution in [0.3, 0.4) is 0 Å². The first-order chi connectivity index (χ1) is 13.8. The maximum Gasteiger partial charge on any atom is 0.573 e. The lowest BCUT2D eigenvalue weighted by Gasteiger charge is -2.09. The van der Waals surface area contributed by atoms with Gasteiger partial charge in [0.2, 0.25) is 0 Å². The first kappa shape index (κ1) is 22.5. The van der Waals surface area contributed by atoms with Crippen LogP contribution < -0.4 is 10.1 Å². The minimum Gasteiger partial charge on any atom is -0.459 e. The monoisotopic (exact) mass is 407 g/mol. The molecule has 156 valence electrons. The van der Waals surface area contributed by atoms with Crippen molar-refractivity contribution in [2.45, 2.75) is 39.1 Å². The van der Waals surface area contributed by atoms with E-state index in [4.69, 9.17) is 9.21 Å². The predicted molar refractivity (Wildman–Crippen MR) is 106 cm³/mol. The van der Waals surface area contributed by atoms with Crippen molar-refractivity contribution in [3.05, 3.63) is 65.4 Å². The van der Waals surface area contributed by atoms with Crippen molar-refractivity contribution in [1.29, 1.82) is 0 Å². The summed E-state index contributed by atoms with van der Waals surface area (Å²) in [6.45, 7) is 3.48. The van der Waals surface area contributed by atoms with Gasteiger partial charge >= 0.3 is 6.36 Å². The summed E-state index contributed by atoms with van der Waals surface area (Å²) in [4.78, 5) is 8.81. The molecule has 2 aromatic carbocycles. The second-order valence-electron chi connectivity index (χ2n) is 6.46. The smallest absolute Gasteiger partial charge is 0.459 e. The zero-order chi connectivity index (χ0) is 21.4. The molecule has 0 bridgehead atoms. The van der Waals surface area contributed by atoms with Crippen molar-refractivity contribution in [3.8, 4) is 5.75 Å². The molecule has 0 aliphatic rings. The Bertz CT molecular complexity index is 917. The van der Waals surface area contributed by atoms with Crippen molar-refractivity contribution < 1.29 is 27.1 Å². The molecule has 0 radical (unpaired) electrons. The van der Waals surface area contributed by atoms with Gasteiger partial charge in [0.1, 0.15) is 23.4 Å². The van der Waals surface area contributed by atoms with Gasteiger partial charge in [0.25, 0.3) is 0 Å². The Kier molecular flexibility index (Phi) is 7.84. The predicted octanol–water partition coefficient (Wildman–Crippen LogP) is 5.60. The number of carbonyl (C=O) groups is 1. The summed E-state index contributed by atoms with van der Waals surface area (Å²) < 4.78 is 46.3. The van der Waals surface area contributed by atoms with E-state index in [0.29, 0.717) is 0 Å². The molecule has 0 spiro atoms. The van der Waals surface area contributed by atoms with Gasteiger partial charge in [-0.15, -0.1) is 13.2 Å². The van der Waals surface area contributed by atoms with Gasteiger partial charge in [-0.2, -0.15) is 0 Å². The summed E-state index contributed by atoms with van der Waals surface area (Å²) in [5, 5.41) is 4.20. The van der Waals surface area contributed by atoms with Crippen LogP contribution in [-0.2, 0) is 17.6 Å². The Morgan fingerprint density at radius 3 is 2.24 bits per heavy atom. The highest BCUT2D eigenvalue weighted by molar-refractivity contribution is 5.78. The minimum absolute atomic E-state index is 0.142. The largest absolute Gasteiger partial charge is 0.573 e. The SMILES string of the molecule is CC=O.CNC(C)c1cc2ccc(CCc3ccc(OC(F)(F)F)cc3)cc2o1. The Hall–Kier alpha value is -2.80. The lowest BCUT2D eigenvalue weighted by molar-refractivity contribution is -0.274. The number of carbonyl (C=O) groups excluding carboxylic acids is 1. The van der Waals surface area contributed by atoms with E-state index >= 15 is 0 Å². The number of rotatable bonds is 6. The molecule has 0 saturated carbocycles. The molecule has 1 aromatic heterocycles. The summed E-state index contributed by atoms with van der Waals surface area (Å²) in [7, 11) is 1.88. The lowest BCUT2D eigenvalue weighted by atomic mass is 10.0. The van der Waals surface area contributed by atoms with Gasteiger partial charge in [0.15, 0.2) is 0 Å². The van der Waals surface area contributed by atoms with E-state index in [0.717, 1.165) is 47.0 Å². The number of furan rings is 1. The van der Waals surface area contributed by atoms with Crippen LogP contribution in [0.15, 0.2) is 52.9 Å². The van der Waals surface area contributed by atoms with E-state index in [1.807, 2.05) is 38.2 Å². The summed E-state index contributed by atoms with van der Waals surface area (Å²) in [6, 6.07) is 14.2. The van der Waals surface area contributed by atoms with Gasteiger partial charge in [0, 0.05) is 5.39 Å². The molecule has 7 heteroatoms. The Morgan fingerprint density at radius 1 is 1.07 bits per heavy atom. The van der Waals surface area contributed by atoms with Crippen molar-refractivity contribution in [1.82, 2.24) is 5.32 Å². The second-order valence-corrected chi connectivity index (χ2v) is 6.46. The molecule has 29 heavy (non-hydrogen) atoms. The van der Waals surface area contributed by atoms with Gasteiger partial charge in [-0.3, -0.25) is 0 Å². The van der Waals surface area contributed by atoms with Crippen LogP contribution in [0.1, 0.15) is 36.8 Å². The third kappa shape index (κ3) is 6.94. The van der Waals surface area contributed by atoms with Crippen LogP contribution >= 0.6 is 0 Å². The molecule has 0 saturated heterocycles. The summed E-state index contributed by atoms with van der Waals surface area (Å²) in [5.41, 5.74) is 2.91. The van der Waals surface area contributed by atoms with E-state index < -0.39 is 6.36 Å². The molecule has 3 rings (SSSR count). The summed E-state index contributed by atoms with van der Waals surface area (Å²) >= 11 is 0. The van der Waals surface area contributed by atoms with E-state index in [1.165, 1.54) is 19.1 Å². The van der Waals surface area contributed by atoms with Crippen molar-refractivity contribution in [2.24, 2.45) is 0 Å². The van der Waals surface area contributed by atoms with Gasteiger partial charge in [-0.05, 0) is 69.1 Å². The number of benzene rings is 2. The molecule has 0 aliphatic carbocycles. The second kappa shape index (κ2) is 10.1. The molecule has 1 N–H and O–H groups in total. The van der Waals surface area contributed by atoms with Crippen LogP contribution in [0.5, 0.6) is 5.75 Å². The molecular formula is C22H24F3NO3. The van der Waals surface area contributed by atoms with E-state index in [2.05, 4.69) is 10.1 Å². The minimum atomic E-state index is -4.66. The highest BCUT2D eigenvalue weighted by atomic mass is 19.4. The average molecular weight is 407 g/mol.